The molecule has 1 aromatic rings. The molecule has 0 radical (unpaired) electrons. The van der Waals surface area contributed by atoms with Gasteiger partial charge in [-0.3, -0.25) is 4.98 Å². The van der Waals surface area contributed by atoms with E-state index in [1.54, 1.807) is 6.20 Å². The van der Waals surface area contributed by atoms with Crippen molar-refractivity contribution in [2.75, 3.05) is 5.73 Å². The lowest BCUT2D eigenvalue weighted by molar-refractivity contribution is 0.560. The molecule has 1 aromatic heterocycles. The number of rotatable bonds is 3. The summed E-state index contributed by atoms with van der Waals surface area (Å²) >= 11 is 0. The summed E-state index contributed by atoms with van der Waals surface area (Å²) in [6, 6.07) is 1.86. The summed E-state index contributed by atoms with van der Waals surface area (Å²) in [5.74, 6) is 0.691. The van der Waals surface area contributed by atoms with E-state index in [4.69, 9.17) is 5.73 Å². The number of aromatic nitrogens is 1. The van der Waals surface area contributed by atoms with Crippen LogP contribution in [-0.4, -0.2) is 4.98 Å². The molecule has 2 heteroatoms. The van der Waals surface area contributed by atoms with E-state index in [2.05, 4.69) is 18.8 Å². The van der Waals surface area contributed by atoms with Gasteiger partial charge in [0.05, 0.1) is 0 Å². The molecular formula is C10H16N2. The molecule has 0 amide bonds. The van der Waals surface area contributed by atoms with E-state index < -0.39 is 0 Å². The van der Waals surface area contributed by atoms with Crippen LogP contribution in [0.3, 0.4) is 0 Å². The van der Waals surface area contributed by atoms with Crippen molar-refractivity contribution in [3.05, 3.63) is 24.0 Å². The molecule has 0 aliphatic carbocycles. The highest BCUT2D eigenvalue weighted by Crippen LogP contribution is 2.15. The van der Waals surface area contributed by atoms with Gasteiger partial charge < -0.3 is 5.73 Å². The Morgan fingerprint density at radius 2 is 2.33 bits per heavy atom. The molecular weight excluding hydrogens is 148 g/mol. The van der Waals surface area contributed by atoms with Crippen LogP contribution in [0.1, 0.15) is 25.8 Å². The largest absolute Gasteiger partial charge is 0.398 e. The summed E-state index contributed by atoms with van der Waals surface area (Å²) in [4.78, 5) is 4.05. The highest BCUT2D eigenvalue weighted by molar-refractivity contribution is 5.44. The van der Waals surface area contributed by atoms with Crippen LogP contribution in [0, 0.1) is 5.92 Å². The molecule has 2 nitrogen and oxygen atoms in total. The molecule has 12 heavy (non-hydrogen) atoms. The minimum absolute atomic E-state index is 0.691. The Morgan fingerprint density at radius 1 is 1.58 bits per heavy atom. The van der Waals surface area contributed by atoms with Crippen molar-refractivity contribution in [1.29, 1.82) is 0 Å². The highest BCUT2D eigenvalue weighted by Gasteiger charge is 2.03. The van der Waals surface area contributed by atoms with E-state index >= 15 is 0 Å². The van der Waals surface area contributed by atoms with Gasteiger partial charge in [0.25, 0.3) is 0 Å². The molecule has 66 valence electrons. The van der Waals surface area contributed by atoms with Crippen LogP contribution in [0.5, 0.6) is 0 Å². The van der Waals surface area contributed by atoms with Crippen LogP contribution in [0.2, 0.25) is 0 Å². The lowest BCUT2D eigenvalue weighted by Gasteiger charge is -2.09. The molecule has 0 saturated heterocycles. The van der Waals surface area contributed by atoms with Gasteiger partial charge in [-0.1, -0.05) is 20.3 Å². The lowest BCUT2D eigenvalue weighted by Crippen LogP contribution is -2.01. The Hall–Kier alpha value is -1.05. The molecule has 0 aliphatic rings. The molecule has 2 N–H and O–H groups in total. The van der Waals surface area contributed by atoms with E-state index in [9.17, 15) is 0 Å². The number of pyridine rings is 1. The van der Waals surface area contributed by atoms with Crippen molar-refractivity contribution < 1.29 is 0 Å². The molecule has 0 saturated carbocycles. The third kappa shape index (κ3) is 2.22. The minimum atomic E-state index is 0.691. The van der Waals surface area contributed by atoms with Gasteiger partial charge in [-0.05, 0) is 24.0 Å². The lowest BCUT2D eigenvalue weighted by atomic mass is 9.99. The summed E-state index contributed by atoms with van der Waals surface area (Å²) in [5.41, 5.74) is 7.82. The fraction of sp³-hybridized carbons (Fsp3) is 0.500. The fourth-order valence-corrected chi connectivity index (χ4v) is 1.13. The van der Waals surface area contributed by atoms with Crippen LogP contribution >= 0.6 is 0 Å². The molecule has 0 fully saturated rings. The van der Waals surface area contributed by atoms with Crippen molar-refractivity contribution >= 4 is 5.69 Å². The zero-order valence-corrected chi connectivity index (χ0v) is 7.75. The number of nitrogens with zero attached hydrogens (tertiary/aromatic N) is 1. The first-order chi connectivity index (χ1) is 5.74. The predicted octanol–water partition coefficient (Wildman–Crippen LogP) is 2.25. The second-order valence-corrected chi connectivity index (χ2v) is 3.29. The fourth-order valence-electron chi connectivity index (χ4n) is 1.13. The van der Waals surface area contributed by atoms with Crippen LogP contribution in [-0.2, 0) is 6.42 Å². The first-order valence-corrected chi connectivity index (χ1v) is 4.42. The summed E-state index contributed by atoms with van der Waals surface area (Å²) in [6.07, 6.45) is 5.82. The van der Waals surface area contributed by atoms with Crippen LogP contribution in [0.15, 0.2) is 18.5 Å². The quantitative estimate of drug-likeness (QED) is 0.744. The van der Waals surface area contributed by atoms with Crippen LogP contribution < -0.4 is 5.73 Å². The zero-order valence-electron chi connectivity index (χ0n) is 7.75. The van der Waals surface area contributed by atoms with Crippen molar-refractivity contribution in [2.24, 2.45) is 5.92 Å². The standard InChI is InChI=1S/C10H16N2/c1-3-8(2)6-9-7-12-5-4-10(9)11/h4-5,7-8H,3,6H2,1-2H3,(H2,11,12). The van der Waals surface area contributed by atoms with Crippen molar-refractivity contribution in [3.8, 4) is 0 Å². The number of hydrogen-bond donors (Lipinski definition) is 1. The maximum absolute atomic E-state index is 5.78. The molecule has 1 atom stereocenters. The number of nitrogen functional groups attached to an aromatic ring is 1. The zero-order chi connectivity index (χ0) is 8.97. The van der Waals surface area contributed by atoms with E-state index in [1.807, 2.05) is 12.3 Å². The minimum Gasteiger partial charge on any atom is -0.398 e. The maximum Gasteiger partial charge on any atom is 0.0377 e. The summed E-state index contributed by atoms with van der Waals surface area (Å²) in [6.45, 7) is 4.42. The third-order valence-corrected chi connectivity index (χ3v) is 2.21. The van der Waals surface area contributed by atoms with Gasteiger partial charge in [-0.2, -0.15) is 0 Å². The monoisotopic (exact) mass is 164 g/mol. The smallest absolute Gasteiger partial charge is 0.0377 e. The van der Waals surface area contributed by atoms with Gasteiger partial charge in [0.2, 0.25) is 0 Å². The van der Waals surface area contributed by atoms with Gasteiger partial charge in [0.1, 0.15) is 0 Å². The Kier molecular flexibility index (Phi) is 3.09. The van der Waals surface area contributed by atoms with E-state index in [-0.39, 0.29) is 0 Å². The first-order valence-electron chi connectivity index (χ1n) is 4.42. The summed E-state index contributed by atoms with van der Waals surface area (Å²) < 4.78 is 0. The second-order valence-electron chi connectivity index (χ2n) is 3.29. The van der Waals surface area contributed by atoms with Gasteiger partial charge >= 0.3 is 0 Å². The number of anilines is 1. The highest BCUT2D eigenvalue weighted by atomic mass is 14.7. The topological polar surface area (TPSA) is 38.9 Å². The van der Waals surface area contributed by atoms with Gasteiger partial charge in [-0.15, -0.1) is 0 Å². The van der Waals surface area contributed by atoms with E-state index in [0.29, 0.717) is 5.92 Å². The molecule has 0 aliphatic heterocycles. The average Bonchev–Trinajstić information content (AvgIpc) is 2.09. The third-order valence-electron chi connectivity index (χ3n) is 2.21. The Labute approximate surface area is 73.8 Å². The molecule has 0 bridgehead atoms. The molecule has 1 heterocycles. The first kappa shape index (κ1) is 9.04. The average molecular weight is 164 g/mol. The molecule has 0 aromatic carbocycles. The number of nitrogens with two attached hydrogens (primary N) is 1. The SMILES string of the molecule is CCC(C)Cc1cnccc1N. The Balaban J connectivity index is 2.69. The molecule has 0 spiro atoms. The van der Waals surface area contributed by atoms with Crippen molar-refractivity contribution in [1.82, 2.24) is 4.98 Å². The summed E-state index contributed by atoms with van der Waals surface area (Å²) in [7, 11) is 0. The molecule has 1 rings (SSSR count). The Morgan fingerprint density at radius 3 is 2.92 bits per heavy atom. The van der Waals surface area contributed by atoms with Crippen molar-refractivity contribution in [2.45, 2.75) is 26.7 Å². The maximum atomic E-state index is 5.78. The second kappa shape index (κ2) is 4.10. The van der Waals surface area contributed by atoms with Gasteiger partial charge in [0, 0.05) is 18.1 Å². The number of hydrogen-bond acceptors (Lipinski definition) is 2. The van der Waals surface area contributed by atoms with Crippen molar-refractivity contribution in [3.63, 3.8) is 0 Å². The van der Waals surface area contributed by atoms with E-state index in [0.717, 1.165) is 12.1 Å². The van der Waals surface area contributed by atoms with Gasteiger partial charge in [-0.25, -0.2) is 0 Å². The van der Waals surface area contributed by atoms with Crippen LogP contribution in [0.4, 0.5) is 5.69 Å². The van der Waals surface area contributed by atoms with Crippen LogP contribution in [0.25, 0.3) is 0 Å². The summed E-state index contributed by atoms with van der Waals surface area (Å²) in [5, 5.41) is 0. The van der Waals surface area contributed by atoms with Gasteiger partial charge in [0.15, 0.2) is 0 Å². The normalized spacial score (nSPS) is 12.8. The van der Waals surface area contributed by atoms with E-state index in [1.165, 1.54) is 12.0 Å². The Bertz CT molecular complexity index is 245. The predicted molar refractivity (Wildman–Crippen MR) is 51.8 cm³/mol. The molecule has 1 unspecified atom stereocenters.